The van der Waals surface area contributed by atoms with Gasteiger partial charge in [-0.3, -0.25) is 4.79 Å². The van der Waals surface area contributed by atoms with E-state index in [9.17, 15) is 4.79 Å². The van der Waals surface area contributed by atoms with Crippen molar-refractivity contribution in [3.8, 4) is 11.5 Å². The molecular formula is C34H55N2O3+. The number of benzene rings is 1. The highest BCUT2D eigenvalue weighted by Gasteiger charge is 2.11. The Morgan fingerprint density at radius 1 is 0.821 bits per heavy atom. The van der Waals surface area contributed by atoms with Gasteiger partial charge in [-0.05, 0) is 18.6 Å². The minimum Gasteiger partial charge on any atom is -0.496 e. The molecule has 0 saturated carbocycles. The summed E-state index contributed by atoms with van der Waals surface area (Å²) >= 11 is 0. The highest BCUT2D eigenvalue weighted by molar-refractivity contribution is 5.79. The lowest BCUT2D eigenvalue weighted by molar-refractivity contribution is -0.697. The number of carbonyl (C=O) groups is 1. The third-order valence-electron chi connectivity index (χ3n) is 7.27. The van der Waals surface area contributed by atoms with Gasteiger partial charge in [-0.15, -0.1) is 0 Å². The second-order valence-electron chi connectivity index (χ2n) is 10.8. The van der Waals surface area contributed by atoms with Gasteiger partial charge in [-0.1, -0.05) is 103 Å². The summed E-state index contributed by atoms with van der Waals surface area (Å²) in [5.74, 6) is 1.48. The number of pyridine rings is 1. The molecule has 5 heteroatoms. The molecule has 0 saturated heterocycles. The van der Waals surface area contributed by atoms with Gasteiger partial charge >= 0.3 is 0 Å². The number of aryl methyl sites for hydroxylation is 1. The van der Waals surface area contributed by atoms with Crippen molar-refractivity contribution >= 4 is 5.91 Å². The Kier molecular flexibility index (Phi) is 17.8. The minimum absolute atomic E-state index is 0.0183. The molecular weight excluding hydrogens is 484 g/mol. The van der Waals surface area contributed by atoms with Crippen LogP contribution in [0.15, 0.2) is 42.7 Å². The number of carbonyl (C=O) groups excluding carboxylic acids is 1. The number of nitrogens with zero attached hydrogens (tertiary/aromatic N) is 1. The van der Waals surface area contributed by atoms with E-state index in [-0.39, 0.29) is 12.3 Å². The van der Waals surface area contributed by atoms with Crippen LogP contribution in [-0.2, 0) is 24.3 Å². The molecule has 2 aromatic rings. The van der Waals surface area contributed by atoms with Gasteiger partial charge in [0.1, 0.15) is 18.0 Å². The van der Waals surface area contributed by atoms with E-state index in [0.29, 0.717) is 12.3 Å². The minimum atomic E-state index is -0.0183. The van der Waals surface area contributed by atoms with Crippen molar-refractivity contribution < 1.29 is 18.8 Å². The largest absolute Gasteiger partial charge is 0.496 e. The van der Waals surface area contributed by atoms with Crippen molar-refractivity contribution in [3.63, 3.8) is 0 Å². The number of aromatic nitrogens is 1. The molecule has 0 radical (unpaired) electrons. The highest BCUT2D eigenvalue weighted by atomic mass is 16.5. The number of amides is 1. The fraction of sp³-hybridized carbons (Fsp3) is 0.647. The fourth-order valence-electron chi connectivity index (χ4n) is 4.96. The summed E-state index contributed by atoms with van der Waals surface area (Å²) < 4.78 is 13.7. The molecule has 0 unspecified atom stereocenters. The Morgan fingerprint density at radius 3 is 2.08 bits per heavy atom. The third-order valence-corrected chi connectivity index (χ3v) is 7.27. The van der Waals surface area contributed by atoms with Crippen LogP contribution in [0, 0.1) is 0 Å². The van der Waals surface area contributed by atoms with Gasteiger partial charge in [0.2, 0.25) is 5.91 Å². The van der Waals surface area contributed by atoms with Gasteiger partial charge < -0.3 is 14.8 Å². The number of methoxy groups -OCH3 is 1. The smallest absolute Gasteiger partial charge is 0.224 e. The monoisotopic (exact) mass is 539 g/mol. The van der Waals surface area contributed by atoms with Crippen LogP contribution in [0.25, 0.3) is 0 Å². The second-order valence-corrected chi connectivity index (χ2v) is 10.8. The van der Waals surface area contributed by atoms with E-state index in [4.69, 9.17) is 9.47 Å². The van der Waals surface area contributed by atoms with Crippen molar-refractivity contribution in [1.29, 1.82) is 0 Å². The lowest BCUT2D eigenvalue weighted by atomic mass is 10.0. The average molecular weight is 540 g/mol. The predicted molar refractivity (Wildman–Crippen MR) is 161 cm³/mol. The van der Waals surface area contributed by atoms with E-state index < -0.39 is 0 Å². The lowest BCUT2D eigenvalue weighted by Gasteiger charge is -2.12. The fourth-order valence-corrected chi connectivity index (χ4v) is 4.96. The topological polar surface area (TPSA) is 51.4 Å². The van der Waals surface area contributed by atoms with Crippen molar-refractivity contribution in [1.82, 2.24) is 5.32 Å². The van der Waals surface area contributed by atoms with Crippen LogP contribution >= 0.6 is 0 Å². The summed E-state index contributed by atoms with van der Waals surface area (Å²) in [7, 11) is 1.64. The van der Waals surface area contributed by atoms with Crippen LogP contribution in [-0.4, -0.2) is 19.6 Å². The van der Waals surface area contributed by atoms with Crippen LogP contribution in [0.4, 0.5) is 0 Å². The Hall–Kier alpha value is -2.56. The molecule has 1 amide bonds. The van der Waals surface area contributed by atoms with E-state index in [1.807, 2.05) is 30.3 Å². The summed E-state index contributed by atoms with van der Waals surface area (Å²) in [6.45, 7) is 6.66. The maximum atomic E-state index is 12.6. The summed E-state index contributed by atoms with van der Waals surface area (Å²) in [6.07, 6.45) is 24.5. The second kappa shape index (κ2) is 21.3. The molecule has 0 aliphatic rings. The molecule has 0 aliphatic heterocycles. The Morgan fingerprint density at radius 2 is 1.46 bits per heavy atom. The van der Waals surface area contributed by atoms with Crippen molar-refractivity contribution in [2.45, 2.75) is 130 Å². The standard InChI is InChI=1S/C34H54N2O3/c1-4-6-7-8-9-10-11-12-13-14-15-16-17-18-25-39-32-22-21-31(33(27-32)38-3)26-34(37)35-28-30-20-19-24-36(29-30)23-5-2/h19-22,24,27,29H,4-18,23,25-26,28H2,1-3H3/p+1. The lowest BCUT2D eigenvalue weighted by Crippen LogP contribution is -2.34. The van der Waals surface area contributed by atoms with Gasteiger partial charge in [0.15, 0.2) is 12.4 Å². The summed E-state index contributed by atoms with van der Waals surface area (Å²) in [4.78, 5) is 12.6. The molecule has 39 heavy (non-hydrogen) atoms. The van der Waals surface area contributed by atoms with Crippen LogP contribution in [0.2, 0.25) is 0 Å². The molecule has 218 valence electrons. The summed E-state index contributed by atoms with van der Waals surface area (Å²) in [6, 6.07) is 9.85. The van der Waals surface area contributed by atoms with Gasteiger partial charge in [0.05, 0.1) is 20.1 Å². The molecule has 1 N–H and O–H groups in total. The number of unbranched alkanes of at least 4 members (excludes halogenated alkanes) is 13. The quantitative estimate of drug-likeness (QED) is 0.115. The molecule has 0 spiro atoms. The van der Waals surface area contributed by atoms with Gasteiger partial charge in [0.25, 0.3) is 0 Å². The number of rotatable bonds is 23. The van der Waals surface area contributed by atoms with E-state index in [0.717, 1.165) is 42.9 Å². The summed E-state index contributed by atoms with van der Waals surface area (Å²) in [5, 5.41) is 3.03. The molecule has 5 nitrogen and oxygen atoms in total. The number of ether oxygens (including phenoxy) is 2. The molecule has 2 rings (SSSR count). The maximum Gasteiger partial charge on any atom is 0.224 e. The molecule has 1 aromatic carbocycles. The first-order valence-electron chi connectivity index (χ1n) is 15.7. The van der Waals surface area contributed by atoms with Crippen LogP contribution < -0.4 is 19.4 Å². The molecule has 1 heterocycles. The Bertz CT molecular complexity index is 915. The molecule has 0 bridgehead atoms. The SMILES string of the molecule is CCCCCCCCCCCCCCCCOc1ccc(CC(=O)NCc2ccc[n+](CCC)c2)c(OC)c1. The van der Waals surface area contributed by atoms with E-state index in [1.54, 1.807) is 7.11 Å². The van der Waals surface area contributed by atoms with Crippen LogP contribution in [0.1, 0.15) is 121 Å². The molecule has 1 aromatic heterocycles. The van der Waals surface area contributed by atoms with Crippen LogP contribution in [0.5, 0.6) is 11.5 Å². The van der Waals surface area contributed by atoms with Crippen molar-refractivity contribution in [2.75, 3.05) is 13.7 Å². The zero-order valence-corrected chi connectivity index (χ0v) is 25.1. The van der Waals surface area contributed by atoms with Crippen LogP contribution in [0.3, 0.4) is 0 Å². The molecule has 0 fully saturated rings. The number of nitrogens with one attached hydrogen (secondary N) is 1. The number of hydrogen-bond acceptors (Lipinski definition) is 3. The Labute approximate surface area is 238 Å². The molecule has 0 atom stereocenters. The first kappa shape index (κ1) is 32.7. The van der Waals surface area contributed by atoms with Crippen molar-refractivity contribution in [2.24, 2.45) is 0 Å². The van der Waals surface area contributed by atoms with E-state index in [2.05, 4.69) is 36.1 Å². The van der Waals surface area contributed by atoms with Crippen molar-refractivity contribution in [3.05, 3.63) is 53.9 Å². The zero-order chi connectivity index (χ0) is 28.0. The normalized spacial score (nSPS) is 10.9. The van der Waals surface area contributed by atoms with Gasteiger partial charge in [-0.25, -0.2) is 4.57 Å². The summed E-state index contributed by atoms with van der Waals surface area (Å²) in [5.41, 5.74) is 1.96. The zero-order valence-electron chi connectivity index (χ0n) is 25.1. The van der Waals surface area contributed by atoms with E-state index in [1.165, 1.54) is 83.5 Å². The maximum absolute atomic E-state index is 12.6. The average Bonchev–Trinajstić information content (AvgIpc) is 2.95. The predicted octanol–water partition coefficient (Wildman–Crippen LogP) is 8.11. The highest BCUT2D eigenvalue weighted by Crippen LogP contribution is 2.25. The molecule has 0 aliphatic carbocycles. The Balaban J connectivity index is 1.56. The first-order valence-corrected chi connectivity index (χ1v) is 15.7. The number of hydrogen-bond donors (Lipinski definition) is 1. The van der Waals surface area contributed by atoms with E-state index >= 15 is 0 Å². The van der Waals surface area contributed by atoms with Gasteiger partial charge in [-0.2, -0.15) is 0 Å². The third kappa shape index (κ3) is 15.0. The first-order chi connectivity index (χ1) is 19.2. The van der Waals surface area contributed by atoms with Gasteiger partial charge in [0, 0.05) is 36.2 Å².